The number of anilines is 1. The molecule has 2 aliphatic heterocycles. The Hall–Kier alpha value is -4.19. The maximum absolute atomic E-state index is 14.3. The van der Waals surface area contributed by atoms with E-state index in [0.29, 0.717) is 16.0 Å². The molecule has 2 aliphatic rings. The van der Waals surface area contributed by atoms with Crippen molar-refractivity contribution in [2.45, 2.75) is 41.7 Å². The van der Waals surface area contributed by atoms with Crippen molar-refractivity contribution in [3.05, 3.63) is 60.0 Å². The number of piperazine rings is 1. The Kier molecular flexibility index (Phi) is 9.64. The number of hydrogen-bond acceptors (Lipinski definition) is 9. The lowest BCUT2D eigenvalue weighted by Gasteiger charge is -2.41. The van der Waals surface area contributed by atoms with Gasteiger partial charge in [-0.05, 0) is 55.2 Å². The van der Waals surface area contributed by atoms with Crippen LogP contribution in [0.25, 0.3) is 32.9 Å². The van der Waals surface area contributed by atoms with Gasteiger partial charge in [0.1, 0.15) is 17.6 Å². The average molecular weight is 700 g/mol. The molecule has 1 unspecified atom stereocenters. The number of alkyl halides is 3. The number of hydrogen-bond donors (Lipinski definition) is 0. The minimum absolute atomic E-state index is 0.0133. The van der Waals surface area contributed by atoms with Crippen molar-refractivity contribution in [2.75, 3.05) is 44.7 Å². The van der Waals surface area contributed by atoms with Gasteiger partial charge in [0.2, 0.25) is 0 Å². The van der Waals surface area contributed by atoms with Gasteiger partial charge in [-0.1, -0.05) is 48.5 Å². The molecule has 2 saturated heterocycles. The number of pyridine rings is 1. The minimum Gasteiger partial charge on any atom is -0.462 e. The summed E-state index contributed by atoms with van der Waals surface area (Å²) in [4.78, 5) is 31.2. The van der Waals surface area contributed by atoms with E-state index in [0.717, 1.165) is 24.8 Å². The van der Waals surface area contributed by atoms with Crippen LogP contribution >= 0.6 is 23.4 Å². The van der Waals surface area contributed by atoms with Gasteiger partial charge in [0.15, 0.2) is 11.6 Å². The highest BCUT2D eigenvalue weighted by Gasteiger charge is 2.36. The van der Waals surface area contributed by atoms with Gasteiger partial charge >= 0.3 is 11.5 Å². The Morgan fingerprint density at radius 1 is 1.12 bits per heavy atom. The highest BCUT2D eigenvalue weighted by Crippen LogP contribution is 2.47. The number of likely N-dealkylation sites (N-methyl/N-ethyl adjacent to an activating group) is 1. The fraction of sp³-hybridized carbons (Fsp3) is 0.364. The largest absolute Gasteiger partial charge is 0.462 e. The summed E-state index contributed by atoms with van der Waals surface area (Å²) in [6.45, 7) is 4.38. The summed E-state index contributed by atoms with van der Waals surface area (Å²) in [6, 6.07) is 11.7. The number of thioether (sulfide) groups is 1. The lowest BCUT2D eigenvalue weighted by atomic mass is 9.99. The predicted octanol–water partition coefficient (Wildman–Crippen LogP) is 7.00. The maximum atomic E-state index is 14.3. The fourth-order valence-electron chi connectivity index (χ4n) is 6.34. The Morgan fingerprint density at radius 3 is 2.58 bits per heavy atom. The molecule has 2 aromatic carbocycles. The van der Waals surface area contributed by atoms with E-state index < -0.39 is 23.3 Å². The second-order valence-corrected chi connectivity index (χ2v) is 13.2. The zero-order chi connectivity index (χ0) is 34.2. The van der Waals surface area contributed by atoms with Crippen LogP contribution in [0.15, 0.2) is 59.9 Å². The van der Waals surface area contributed by atoms with Crippen molar-refractivity contribution >= 4 is 56.9 Å². The molecule has 1 amide bonds. The van der Waals surface area contributed by atoms with Gasteiger partial charge in [-0.2, -0.15) is 28.4 Å². The van der Waals surface area contributed by atoms with Crippen LogP contribution in [-0.4, -0.2) is 88.1 Å². The first-order valence-electron chi connectivity index (χ1n) is 15.2. The second kappa shape index (κ2) is 13.7. The van der Waals surface area contributed by atoms with Gasteiger partial charge in [0.25, 0.3) is 5.91 Å². The first-order valence-corrected chi connectivity index (χ1v) is 16.4. The van der Waals surface area contributed by atoms with E-state index in [1.165, 1.54) is 11.1 Å². The number of carbonyl (C=O) groups is 1. The molecule has 48 heavy (non-hydrogen) atoms. The molecule has 0 saturated carbocycles. The highest BCUT2D eigenvalue weighted by atomic mass is 35.5. The number of halogens is 5. The molecular weight excluding hydrogens is 670 g/mol. The number of aromatic nitrogens is 3. The van der Waals surface area contributed by atoms with Crippen LogP contribution < -0.4 is 9.64 Å². The van der Waals surface area contributed by atoms with E-state index in [-0.39, 0.29) is 83.8 Å². The summed E-state index contributed by atoms with van der Waals surface area (Å²) >= 11 is 6.28. The topological polar surface area (TPSA) is 98.5 Å². The Morgan fingerprint density at radius 2 is 1.90 bits per heavy atom. The Labute approximate surface area is 283 Å². The molecule has 2 fully saturated rings. The van der Waals surface area contributed by atoms with Crippen molar-refractivity contribution < 1.29 is 27.1 Å². The van der Waals surface area contributed by atoms with Gasteiger partial charge in [0, 0.05) is 47.8 Å². The number of rotatable bonds is 8. The van der Waals surface area contributed by atoms with Gasteiger partial charge in [0.05, 0.1) is 23.4 Å². The van der Waals surface area contributed by atoms with E-state index >= 15 is 0 Å². The Balaban J connectivity index is 1.53. The lowest BCUT2D eigenvalue weighted by molar-refractivity contribution is -0.131. The summed E-state index contributed by atoms with van der Waals surface area (Å²) in [7, 11) is 1.97. The van der Waals surface area contributed by atoms with Crippen LogP contribution in [0.3, 0.4) is 0 Å². The van der Waals surface area contributed by atoms with Crippen molar-refractivity contribution in [1.82, 2.24) is 24.8 Å². The Bertz CT molecular complexity index is 1930. The number of benzene rings is 2. The molecule has 0 radical (unpaired) electrons. The van der Waals surface area contributed by atoms with E-state index in [1.807, 2.05) is 25.2 Å². The number of carbonyl (C=O) groups excluding carboxylic acids is 1. The third-order valence-electron chi connectivity index (χ3n) is 8.67. The summed E-state index contributed by atoms with van der Waals surface area (Å²) < 4.78 is 63.0. The average Bonchev–Trinajstić information content (AvgIpc) is 3.47. The molecule has 15 heteroatoms. The van der Waals surface area contributed by atoms with Crippen molar-refractivity contribution in [2.24, 2.45) is 0 Å². The number of nitrogens with zero attached hydrogens (tertiary/aromatic N) is 7. The van der Waals surface area contributed by atoms with Crippen LogP contribution in [0.1, 0.15) is 19.3 Å². The van der Waals surface area contributed by atoms with Gasteiger partial charge in [-0.3, -0.25) is 4.79 Å². The molecule has 6 rings (SSSR count). The van der Waals surface area contributed by atoms with Crippen LogP contribution in [0.4, 0.5) is 23.4 Å². The van der Waals surface area contributed by atoms with Crippen LogP contribution in [-0.2, 0) is 4.79 Å². The zero-order valence-electron chi connectivity index (χ0n) is 25.8. The third-order valence-corrected chi connectivity index (χ3v) is 9.83. The highest BCUT2D eigenvalue weighted by molar-refractivity contribution is 8.00. The van der Waals surface area contributed by atoms with E-state index in [2.05, 4.69) is 26.4 Å². The standard InChI is InChI=1S/C33H30ClF4N7O2S/c1-19(35)31(46)45-15-14-44(17-21(45)11-12-39)30-28-27(41-32(42-30)47-18-22-8-5-13-43(22)2)29(48-33(36,37)38)24(16-40-28)23-9-3-6-20-7-4-10-25(34)26(20)23/h3-4,6-7,9-10,16,21-22H,1,5,8,11,13-15,17-18H2,2H3/t21-,22?/m0/s1. The van der Waals surface area contributed by atoms with E-state index in [1.54, 1.807) is 29.2 Å². The zero-order valence-corrected chi connectivity index (χ0v) is 27.4. The van der Waals surface area contributed by atoms with Crippen LogP contribution in [0.5, 0.6) is 6.01 Å². The monoisotopic (exact) mass is 699 g/mol. The molecule has 0 bridgehead atoms. The predicted molar refractivity (Wildman–Crippen MR) is 177 cm³/mol. The number of nitriles is 1. The van der Waals surface area contributed by atoms with Crippen LogP contribution in [0, 0.1) is 11.3 Å². The van der Waals surface area contributed by atoms with Gasteiger partial charge in [-0.25, -0.2) is 9.37 Å². The summed E-state index contributed by atoms with van der Waals surface area (Å²) in [5.74, 6) is -1.90. The summed E-state index contributed by atoms with van der Waals surface area (Å²) in [5, 5.41) is 11.2. The number of fused-ring (bicyclic) bond motifs is 2. The quantitative estimate of drug-likeness (QED) is 0.109. The van der Waals surface area contributed by atoms with Crippen LogP contribution in [0.2, 0.25) is 5.02 Å². The minimum atomic E-state index is -4.70. The van der Waals surface area contributed by atoms with E-state index in [4.69, 9.17) is 16.3 Å². The van der Waals surface area contributed by atoms with Crippen molar-refractivity contribution in [3.63, 3.8) is 0 Å². The lowest BCUT2D eigenvalue weighted by Crippen LogP contribution is -2.55. The molecule has 9 nitrogen and oxygen atoms in total. The molecule has 250 valence electrons. The van der Waals surface area contributed by atoms with E-state index in [9.17, 15) is 27.6 Å². The number of amides is 1. The van der Waals surface area contributed by atoms with Gasteiger partial charge < -0.3 is 19.4 Å². The molecule has 0 aliphatic carbocycles. The number of likely N-dealkylation sites (tertiary alicyclic amines) is 1. The normalized spacial score (nSPS) is 18.8. The molecule has 0 spiro atoms. The smallest absolute Gasteiger partial charge is 0.446 e. The molecule has 4 aromatic rings. The van der Waals surface area contributed by atoms with Crippen molar-refractivity contribution in [1.29, 1.82) is 5.26 Å². The second-order valence-electron chi connectivity index (χ2n) is 11.7. The molecular formula is C33H30ClF4N7O2S. The third kappa shape index (κ3) is 6.85. The molecule has 2 aromatic heterocycles. The van der Waals surface area contributed by atoms with Gasteiger partial charge in [-0.15, -0.1) is 0 Å². The number of ether oxygens (including phenoxy) is 1. The van der Waals surface area contributed by atoms with Crippen molar-refractivity contribution in [3.8, 4) is 23.2 Å². The molecule has 4 heterocycles. The fourth-order valence-corrected chi connectivity index (χ4v) is 7.37. The first-order chi connectivity index (χ1) is 22.9. The summed E-state index contributed by atoms with van der Waals surface area (Å²) in [6.07, 6.45) is 3.10. The summed E-state index contributed by atoms with van der Waals surface area (Å²) in [5.41, 5.74) is -4.08. The molecule has 2 atom stereocenters. The first kappa shape index (κ1) is 33.7. The maximum Gasteiger partial charge on any atom is 0.446 e. The molecule has 0 N–H and O–H groups in total. The SMILES string of the molecule is C=C(F)C(=O)N1CCN(c2nc(OCC3CCCN3C)nc3c(SC(F)(F)F)c(-c4cccc5cccc(Cl)c45)cnc23)C[C@@H]1CC#N.